The van der Waals surface area contributed by atoms with Crippen molar-refractivity contribution in [3.05, 3.63) is 53.3 Å². The summed E-state index contributed by atoms with van der Waals surface area (Å²) < 4.78 is 1.68. The maximum absolute atomic E-state index is 12.6. The van der Waals surface area contributed by atoms with Gasteiger partial charge in [0.15, 0.2) is 0 Å². The van der Waals surface area contributed by atoms with Crippen molar-refractivity contribution in [1.29, 1.82) is 0 Å². The van der Waals surface area contributed by atoms with Gasteiger partial charge in [-0.2, -0.15) is 5.10 Å². The Morgan fingerprint density at radius 3 is 2.84 bits per heavy atom. The number of likely N-dealkylation sites (tertiary alicyclic amines) is 1. The standard InChI is InChI=1S/C20H28N4O/c1-3-17-14-19(23(2)22-17)20(25)21-18-10-7-12-24(15-18)13-11-16-8-5-4-6-9-16/h4-6,8-9,14,18H,3,7,10-13,15H2,1-2H3,(H,21,25). The molecule has 5 nitrogen and oxygen atoms in total. The fourth-order valence-corrected chi connectivity index (χ4v) is 3.48. The summed E-state index contributed by atoms with van der Waals surface area (Å²) >= 11 is 0. The molecule has 1 aromatic carbocycles. The van der Waals surface area contributed by atoms with Crippen LogP contribution in [0, 0.1) is 0 Å². The van der Waals surface area contributed by atoms with Crippen molar-refractivity contribution in [2.45, 2.75) is 38.6 Å². The molecule has 5 heteroatoms. The zero-order valence-electron chi connectivity index (χ0n) is 15.2. The van der Waals surface area contributed by atoms with Gasteiger partial charge in [0.05, 0.1) is 5.69 Å². The predicted molar refractivity (Wildman–Crippen MR) is 99.7 cm³/mol. The first-order valence-electron chi connectivity index (χ1n) is 9.25. The summed E-state index contributed by atoms with van der Waals surface area (Å²) in [5.74, 6) is -0.00962. The monoisotopic (exact) mass is 340 g/mol. The van der Waals surface area contributed by atoms with E-state index in [0.29, 0.717) is 5.69 Å². The first kappa shape index (κ1) is 17.7. The van der Waals surface area contributed by atoms with Gasteiger partial charge in [-0.05, 0) is 43.9 Å². The van der Waals surface area contributed by atoms with Crippen molar-refractivity contribution in [1.82, 2.24) is 20.0 Å². The van der Waals surface area contributed by atoms with E-state index in [0.717, 1.165) is 51.0 Å². The molecule has 1 aliphatic rings. The van der Waals surface area contributed by atoms with Crippen LogP contribution >= 0.6 is 0 Å². The van der Waals surface area contributed by atoms with Crippen LogP contribution in [0.2, 0.25) is 0 Å². The highest BCUT2D eigenvalue weighted by molar-refractivity contribution is 5.92. The number of carbonyl (C=O) groups excluding carboxylic acids is 1. The van der Waals surface area contributed by atoms with Gasteiger partial charge in [0.2, 0.25) is 0 Å². The number of carbonyl (C=O) groups is 1. The number of aromatic nitrogens is 2. The Bertz CT molecular complexity index is 695. The molecule has 1 fully saturated rings. The summed E-state index contributed by atoms with van der Waals surface area (Å²) in [6.07, 6.45) is 4.08. The van der Waals surface area contributed by atoms with Crippen LogP contribution in [0.3, 0.4) is 0 Å². The molecule has 2 aromatic rings. The summed E-state index contributed by atoms with van der Waals surface area (Å²) in [6.45, 7) is 5.14. The number of rotatable bonds is 6. The van der Waals surface area contributed by atoms with Crippen molar-refractivity contribution in [3.8, 4) is 0 Å². The lowest BCUT2D eigenvalue weighted by Gasteiger charge is -2.33. The number of hydrogen-bond donors (Lipinski definition) is 1. The van der Waals surface area contributed by atoms with E-state index < -0.39 is 0 Å². The first-order valence-corrected chi connectivity index (χ1v) is 9.25. The third kappa shape index (κ3) is 4.69. The first-order chi connectivity index (χ1) is 12.2. The van der Waals surface area contributed by atoms with E-state index in [-0.39, 0.29) is 11.9 Å². The van der Waals surface area contributed by atoms with Crippen LogP contribution in [0.4, 0.5) is 0 Å². The third-order valence-electron chi connectivity index (χ3n) is 4.93. The quantitative estimate of drug-likeness (QED) is 0.879. The summed E-state index contributed by atoms with van der Waals surface area (Å²) in [5, 5.41) is 7.57. The van der Waals surface area contributed by atoms with Gasteiger partial charge in [-0.25, -0.2) is 0 Å². The molecule has 1 unspecified atom stereocenters. The molecule has 1 N–H and O–H groups in total. The molecule has 0 bridgehead atoms. The molecular formula is C20H28N4O. The molecule has 0 aliphatic carbocycles. The van der Waals surface area contributed by atoms with Crippen LogP contribution in [0.15, 0.2) is 36.4 Å². The second kappa shape index (κ2) is 8.30. The Morgan fingerprint density at radius 2 is 2.12 bits per heavy atom. The molecule has 2 heterocycles. The van der Waals surface area contributed by atoms with E-state index in [4.69, 9.17) is 0 Å². The second-order valence-corrected chi connectivity index (χ2v) is 6.85. The van der Waals surface area contributed by atoms with Crippen LogP contribution < -0.4 is 5.32 Å². The van der Waals surface area contributed by atoms with Crippen molar-refractivity contribution in [2.75, 3.05) is 19.6 Å². The zero-order chi connectivity index (χ0) is 17.6. The van der Waals surface area contributed by atoms with Crippen LogP contribution in [-0.4, -0.2) is 46.3 Å². The van der Waals surface area contributed by atoms with Gasteiger partial charge in [-0.15, -0.1) is 0 Å². The average molecular weight is 340 g/mol. The molecule has 0 spiro atoms. The van der Waals surface area contributed by atoms with E-state index >= 15 is 0 Å². The molecule has 1 saturated heterocycles. The van der Waals surface area contributed by atoms with Gasteiger partial charge in [0.25, 0.3) is 5.91 Å². The topological polar surface area (TPSA) is 50.2 Å². The minimum Gasteiger partial charge on any atom is -0.347 e. The number of piperidine rings is 1. The average Bonchev–Trinajstić information content (AvgIpc) is 3.02. The summed E-state index contributed by atoms with van der Waals surface area (Å²) in [6, 6.07) is 12.7. The Hall–Kier alpha value is -2.14. The van der Waals surface area contributed by atoms with Crippen LogP contribution in [0.25, 0.3) is 0 Å². The molecule has 25 heavy (non-hydrogen) atoms. The van der Waals surface area contributed by atoms with Crippen LogP contribution in [0.1, 0.15) is 41.5 Å². The molecule has 3 rings (SSSR count). The minimum absolute atomic E-state index is 0.00962. The normalized spacial score (nSPS) is 18.2. The van der Waals surface area contributed by atoms with E-state index in [1.54, 1.807) is 4.68 Å². The van der Waals surface area contributed by atoms with Crippen molar-refractivity contribution in [2.24, 2.45) is 7.05 Å². The number of benzene rings is 1. The summed E-state index contributed by atoms with van der Waals surface area (Å²) in [5.41, 5.74) is 2.98. The molecule has 1 amide bonds. The maximum atomic E-state index is 12.6. The molecule has 1 aromatic heterocycles. The van der Waals surface area contributed by atoms with Crippen molar-refractivity contribution >= 4 is 5.91 Å². The Labute approximate surface area is 150 Å². The largest absolute Gasteiger partial charge is 0.347 e. The predicted octanol–water partition coefficient (Wildman–Crippen LogP) is 2.42. The highest BCUT2D eigenvalue weighted by atomic mass is 16.2. The minimum atomic E-state index is -0.00962. The Balaban J connectivity index is 1.52. The van der Waals surface area contributed by atoms with E-state index in [1.807, 2.05) is 13.1 Å². The highest BCUT2D eigenvalue weighted by Gasteiger charge is 2.23. The number of hydrogen-bond acceptors (Lipinski definition) is 3. The highest BCUT2D eigenvalue weighted by Crippen LogP contribution is 2.13. The van der Waals surface area contributed by atoms with Crippen LogP contribution in [-0.2, 0) is 19.9 Å². The zero-order valence-corrected chi connectivity index (χ0v) is 15.2. The Kier molecular flexibility index (Phi) is 5.87. The number of aryl methyl sites for hydroxylation is 2. The molecule has 1 atom stereocenters. The van der Waals surface area contributed by atoms with Gasteiger partial charge in [0, 0.05) is 26.2 Å². The SMILES string of the molecule is CCc1cc(C(=O)NC2CCCN(CCc3ccccc3)C2)n(C)n1. The molecule has 134 valence electrons. The van der Waals surface area contributed by atoms with Gasteiger partial charge >= 0.3 is 0 Å². The molecule has 1 aliphatic heterocycles. The number of amides is 1. The number of nitrogens with zero attached hydrogens (tertiary/aromatic N) is 3. The van der Waals surface area contributed by atoms with E-state index in [1.165, 1.54) is 5.56 Å². The van der Waals surface area contributed by atoms with Gasteiger partial charge < -0.3 is 10.2 Å². The lowest BCUT2D eigenvalue weighted by Crippen LogP contribution is -2.48. The van der Waals surface area contributed by atoms with Crippen LogP contribution in [0.5, 0.6) is 0 Å². The van der Waals surface area contributed by atoms with E-state index in [9.17, 15) is 4.79 Å². The van der Waals surface area contributed by atoms with E-state index in [2.05, 4.69) is 52.6 Å². The van der Waals surface area contributed by atoms with Gasteiger partial charge in [-0.1, -0.05) is 37.3 Å². The third-order valence-corrected chi connectivity index (χ3v) is 4.93. The second-order valence-electron chi connectivity index (χ2n) is 6.85. The molecular weight excluding hydrogens is 312 g/mol. The lowest BCUT2D eigenvalue weighted by molar-refractivity contribution is 0.0894. The van der Waals surface area contributed by atoms with Gasteiger partial charge in [0.1, 0.15) is 5.69 Å². The van der Waals surface area contributed by atoms with Crippen molar-refractivity contribution < 1.29 is 4.79 Å². The maximum Gasteiger partial charge on any atom is 0.269 e. The Morgan fingerprint density at radius 1 is 1.32 bits per heavy atom. The molecule has 0 saturated carbocycles. The smallest absolute Gasteiger partial charge is 0.269 e. The summed E-state index contributed by atoms with van der Waals surface area (Å²) in [7, 11) is 1.83. The van der Waals surface area contributed by atoms with Gasteiger partial charge in [-0.3, -0.25) is 9.48 Å². The lowest BCUT2D eigenvalue weighted by atomic mass is 10.0. The fourth-order valence-electron chi connectivity index (χ4n) is 3.48. The van der Waals surface area contributed by atoms with Crippen molar-refractivity contribution in [3.63, 3.8) is 0 Å². The fraction of sp³-hybridized carbons (Fsp3) is 0.500. The summed E-state index contributed by atoms with van der Waals surface area (Å²) in [4.78, 5) is 15.0. The molecule has 0 radical (unpaired) electrons. The number of nitrogens with one attached hydrogen (secondary N) is 1.